The van der Waals surface area contributed by atoms with E-state index in [9.17, 15) is 8.42 Å². The van der Waals surface area contributed by atoms with Crippen LogP contribution in [-0.4, -0.2) is 35.2 Å². The van der Waals surface area contributed by atoms with Gasteiger partial charge in [-0.15, -0.1) is 0 Å². The first-order valence-corrected chi connectivity index (χ1v) is 8.86. The largest absolute Gasteiger partial charge is 0.381 e. The highest BCUT2D eigenvalue weighted by Gasteiger charge is 2.18. The van der Waals surface area contributed by atoms with Gasteiger partial charge < -0.3 is 10.1 Å². The number of ether oxygens (including phenoxy) is 1. The summed E-state index contributed by atoms with van der Waals surface area (Å²) in [5, 5.41) is 3.11. The van der Waals surface area contributed by atoms with Gasteiger partial charge in [-0.25, -0.2) is 13.1 Å². The van der Waals surface area contributed by atoms with E-state index in [0.717, 1.165) is 31.6 Å². The number of hydrogen-bond donors (Lipinski definition) is 2. The molecule has 21 heavy (non-hydrogen) atoms. The third-order valence-electron chi connectivity index (χ3n) is 3.97. The number of hydrogen-bond acceptors (Lipinski definition) is 4. The van der Waals surface area contributed by atoms with Crippen molar-refractivity contribution in [3.63, 3.8) is 0 Å². The maximum absolute atomic E-state index is 12.3. The molecule has 2 unspecified atom stereocenters. The fourth-order valence-electron chi connectivity index (χ4n) is 2.41. The fraction of sp³-hybridized carbons (Fsp3) is 0.600. The van der Waals surface area contributed by atoms with E-state index in [1.54, 1.807) is 18.2 Å². The normalized spacial score (nSPS) is 20.6. The number of nitrogens with one attached hydrogen (secondary N) is 2. The van der Waals surface area contributed by atoms with Gasteiger partial charge >= 0.3 is 0 Å². The summed E-state index contributed by atoms with van der Waals surface area (Å²) in [5.41, 5.74) is 0.963. The molecule has 0 bridgehead atoms. The quantitative estimate of drug-likeness (QED) is 0.804. The van der Waals surface area contributed by atoms with Crippen molar-refractivity contribution in [2.45, 2.75) is 30.7 Å². The molecule has 2 rings (SSSR count). The molecule has 0 amide bonds. The Morgan fingerprint density at radius 2 is 2.24 bits per heavy atom. The Balaban J connectivity index is 1.98. The molecule has 2 atom stereocenters. The highest BCUT2D eigenvalue weighted by molar-refractivity contribution is 7.89. The van der Waals surface area contributed by atoms with Crippen molar-refractivity contribution in [3.05, 3.63) is 29.8 Å². The topological polar surface area (TPSA) is 67.4 Å². The number of rotatable bonds is 7. The van der Waals surface area contributed by atoms with Gasteiger partial charge in [0, 0.05) is 25.8 Å². The lowest BCUT2D eigenvalue weighted by Gasteiger charge is -2.13. The van der Waals surface area contributed by atoms with Crippen molar-refractivity contribution >= 4 is 10.0 Å². The monoisotopic (exact) mass is 312 g/mol. The van der Waals surface area contributed by atoms with Gasteiger partial charge in [-0.3, -0.25) is 0 Å². The molecule has 0 saturated carbocycles. The summed E-state index contributed by atoms with van der Waals surface area (Å²) in [6.07, 6.45) is 1.85. The molecule has 1 heterocycles. The minimum atomic E-state index is -3.43. The van der Waals surface area contributed by atoms with Gasteiger partial charge in [0.1, 0.15) is 0 Å². The summed E-state index contributed by atoms with van der Waals surface area (Å²) in [7, 11) is -1.58. The third-order valence-corrected chi connectivity index (χ3v) is 5.43. The lowest BCUT2D eigenvalue weighted by Crippen LogP contribution is -2.26. The van der Waals surface area contributed by atoms with E-state index in [1.807, 2.05) is 20.0 Å². The van der Waals surface area contributed by atoms with Crippen LogP contribution < -0.4 is 10.0 Å². The lowest BCUT2D eigenvalue weighted by molar-refractivity contribution is 0.184. The van der Waals surface area contributed by atoms with Crippen molar-refractivity contribution in [2.75, 3.05) is 26.8 Å². The molecule has 1 saturated heterocycles. The van der Waals surface area contributed by atoms with Crippen LogP contribution in [0.15, 0.2) is 29.2 Å². The lowest BCUT2D eigenvalue weighted by atomic mass is 10.1. The van der Waals surface area contributed by atoms with Crippen molar-refractivity contribution < 1.29 is 13.2 Å². The molecular formula is C15H24N2O3S. The first-order chi connectivity index (χ1) is 10.0. The Morgan fingerprint density at radius 3 is 2.90 bits per heavy atom. The van der Waals surface area contributed by atoms with E-state index in [-0.39, 0.29) is 6.04 Å². The van der Waals surface area contributed by atoms with Crippen molar-refractivity contribution in [1.29, 1.82) is 0 Å². The van der Waals surface area contributed by atoms with Crippen LogP contribution in [0.25, 0.3) is 0 Å². The second-order valence-electron chi connectivity index (χ2n) is 5.50. The van der Waals surface area contributed by atoms with Crippen LogP contribution in [0, 0.1) is 5.92 Å². The molecule has 1 aliphatic heterocycles. The maximum Gasteiger partial charge on any atom is 0.240 e. The van der Waals surface area contributed by atoms with Crippen LogP contribution in [0.5, 0.6) is 0 Å². The number of benzene rings is 1. The summed E-state index contributed by atoms with van der Waals surface area (Å²) in [6, 6.07) is 7.18. The Hall–Kier alpha value is -0.950. The van der Waals surface area contributed by atoms with Crippen LogP contribution >= 0.6 is 0 Å². The average Bonchev–Trinajstić information content (AvgIpc) is 2.99. The summed E-state index contributed by atoms with van der Waals surface area (Å²) < 4.78 is 32.6. The molecule has 1 aromatic rings. The zero-order valence-electron chi connectivity index (χ0n) is 12.6. The second kappa shape index (κ2) is 7.35. The highest BCUT2D eigenvalue weighted by atomic mass is 32.2. The summed E-state index contributed by atoms with van der Waals surface area (Å²) in [5.74, 6) is 0.475. The van der Waals surface area contributed by atoms with Gasteiger partial charge in [-0.05, 0) is 50.4 Å². The molecule has 1 aliphatic rings. The third kappa shape index (κ3) is 4.51. The summed E-state index contributed by atoms with van der Waals surface area (Å²) in [6.45, 7) is 4.00. The van der Waals surface area contributed by atoms with Crippen molar-refractivity contribution in [1.82, 2.24) is 10.0 Å². The molecule has 2 N–H and O–H groups in total. The molecule has 0 aliphatic carbocycles. The van der Waals surface area contributed by atoms with Crippen LogP contribution in [0.3, 0.4) is 0 Å². The maximum atomic E-state index is 12.3. The van der Waals surface area contributed by atoms with E-state index in [0.29, 0.717) is 17.4 Å². The first kappa shape index (κ1) is 16.4. The molecular weight excluding hydrogens is 288 g/mol. The molecule has 1 fully saturated rings. The van der Waals surface area contributed by atoms with E-state index in [1.165, 1.54) is 0 Å². The minimum absolute atomic E-state index is 0.121. The van der Waals surface area contributed by atoms with Crippen LogP contribution in [0.1, 0.15) is 31.4 Å². The average molecular weight is 312 g/mol. The van der Waals surface area contributed by atoms with Gasteiger partial charge in [0.05, 0.1) is 4.90 Å². The van der Waals surface area contributed by atoms with Crippen molar-refractivity contribution in [2.24, 2.45) is 5.92 Å². The van der Waals surface area contributed by atoms with Gasteiger partial charge in [0.25, 0.3) is 0 Å². The smallest absolute Gasteiger partial charge is 0.240 e. The predicted octanol–water partition coefficient (Wildman–Crippen LogP) is 1.67. The van der Waals surface area contributed by atoms with Crippen LogP contribution in [0.4, 0.5) is 0 Å². The predicted molar refractivity (Wildman–Crippen MR) is 82.6 cm³/mol. The van der Waals surface area contributed by atoms with Gasteiger partial charge in [-0.2, -0.15) is 0 Å². The Labute approximate surface area is 127 Å². The molecule has 5 nitrogen and oxygen atoms in total. The fourth-order valence-corrected chi connectivity index (χ4v) is 3.51. The van der Waals surface area contributed by atoms with E-state index < -0.39 is 10.0 Å². The van der Waals surface area contributed by atoms with E-state index in [2.05, 4.69) is 10.0 Å². The minimum Gasteiger partial charge on any atom is -0.381 e. The van der Waals surface area contributed by atoms with E-state index >= 15 is 0 Å². The molecule has 118 valence electrons. The Kier molecular flexibility index (Phi) is 5.75. The van der Waals surface area contributed by atoms with Crippen LogP contribution in [-0.2, 0) is 14.8 Å². The summed E-state index contributed by atoms with van der Waals surface area (Å²) >= 11 is 0. The molecule has 1 aromatic carbocycles. The summed E-state index contributed by atoms with van der Waals surface area (Å²) in [4.78, 5) is 0.324. The SMILES string of the molecule is CNC(C)c1cccc(S(=O)(=O)NCCC2CCOC2)c1. The standard InChI is InChI=1S/C15H24N2O3S/c1-12(16-2)14-4-3-5-15(10-14)21(18,19)17-8-6-13-7-9-20-11-13/h3-5,10,12-13,16-17H,6-9,11H2,1-2H3. The van der Waals surface area contributed by atoms with Gasteiger partial charge in [-0.1, -0.05) is 12.1 Å². The Bertz CT molecular complexity index is 554. The zero-order valence-corrected chi connectivity index (χ0v) is 13.4. The molecule has 6 heteroatoms. The highest BCUT2D eigenvalue weighted by Crippen LogP contribution is 2.18. The van der Waals surface area contributed by atoms with Gasteiger partial charge in [0.15, 0.2) is 0 Å². The molecule has 0 radical (unpaired) electrons. The van der Waals surface area contributed by atoms with Crippen molar-refractivity contribution in [3.8, 4) is 0 Å². The molecule has 0 spiro atoms. The second-order valence-corrected chi connectivity index (χ2v) is 7.27. The van der Waals surface area contributed by atoms with E-state index in [4.69, 9.17) is 4.74 Å². The van der Waals surface area contributed by atoms with Crippen LogP contribution in [0.2, 0.25) is 0 Å². The zero-order chi connectivity index (χ0) is 15.3. The van der Waals surface area contributed by atoms with Gasteiger partial charge in [0.2, 0.25) is 10.0 Å². The number of sulfonamides is 1. The Morgan fingerprint density at radius 1 is 1.43 bits per heavy atom. The first-order valence-electron chi connectivity index (χ1n) is 7.37. The molecule has 0 aromatic heterocycles.